The van der Waals surface area contributed by atoms with Gasteiger partial charge in [-0.05, 0) is 72.3 Å². The maximum atomic E-state index is 5.58. The summed E-state index contributed by atoms with van der Waals surface area (Å²) in [6, 6.07) is 7.21. The molecule has 0 bridgehead atoms. The molecule has 2 N–H and O–H groups in total. The van der Waals surface area contributed by atoms with E-state index in [0.29, 0.717) is 12.6 Å². The summed E-state index contributed by atoms with van der Waals surface area (Å²) in [4.78, 5) is 2.38. The number of hydrogen-bond donors (Lipinski definition) is 1. The van der Waals surface area contributed by atoms with Gasteiger partial charge < -0.3 is 10.6 Å². The lowest BCUT2D eigenvalue weighted by Gasteiger charge is -2.28. The van der Waals surface area contributed by atoms with Gasteiger partial charge in [0.15, 0.2) is 0 Å². The molecule has 0 saturated heterocycles. The zero-order chi connectivity index (χ0) is 12.4. The summed E-state index contributed by atoms with van der Waals surface area (Å²) >= 11 is 3.67. The summed E-state index contributed by atoms with van der Waals surface area (Å²) < 4.78 is 1.18. The number of hydrogen-bond acceptors (Lipinski definition) is 2. The number of halogens is 1. The Morgan fingerprint density at radius 3 is 2.71 bits per heavy atom. The molecule has 1 aromatic carbocycles. The van der Waals surface area contributed by atoms with Gasteiger partial charge in [0.25, 0.3) is 0 Å². The van der Waals surface area contributed by atoms with Gasteiger partial charge in [0, 0.05) is 17.6 Å². The van der Waals surface area contributed by atoms with Gasteiger partial charge in [-0.2, -0.15) is 0 Å². The molecular formula is C14H21BrN2. The number of rotatable bonds is 5. The Morgan fingerprint density at radius 2 is 2.18 bits per heavy atom. The Bertz CT molecular complexity index is 388. The summed E-state index contributed by atoms with van der Waals surface area (Å²) in [5, 5.41) is 0. The Labute approximate surface area is 112 Å². The van der Waals surface area contributed by atoms with Crippen molar-refractivity contribution in [2.24, 2.45) is 11.7 Å². The molecule has 0 spiro atoms. The van der Waals surface area contributed by atoms with Crippen LogP contribution in [0.3, 0.4) is 0 Å². The van der Waals surface area contributed by atoms with E-state index in [2.05, 4.69) is 53.0 Å². The zero-order valence-corrected chi connectivity index (χ0v) is 12.2. The molecule has 0 radical (unpaired) electrons. The van der Waals surface area contributed by atoms with Crippen molar-refractivity contribution in [1.82, 2.24) is 0 Å². The minimum absolute atomic E-state index is 0.631. The van der Waals surface area contributed by atoms with E-state index in [1.807, 2.05) is 0 Å². The molecule has 94 valence electrons. The molecule has 3 heteroatoms. The SMILES string of the molecule is CC(C1CC1)N(C)c1ccc(CCN)cc1Br. The van der Waals surface area contributed by atoms with Crippen LogP contribution in [-0.2, 0) is 6.42 Å². The van der Waals surface area contributed by atoms with E-state index in [1.165, 1.54) is 28.6 Å². The van der Waals surface area contributed by atoms with Crippen LogP contribution in [0.2, 0.25) is 0 Å². The Kier molecular flexibility index (Phi) is 4.10. The van der Waals surface area contributed by atoms with Crippen LogP contribution in [0.5, 0.6) is 0 Å². The van der Waals surface area contributed by atoms with Crippen LogP contribution in [0, 0.1) is 5.92 Å². The first-order valence-electron chi connectivity index (χ1n) is 6.35. The Morgan fingerprint density at radius 1 is 1.47 bits per heavy atom. The fourth-order valence-corrected chi connectivity index (χ4v) is 2.98. The van der Waals surface area contributed by atoms with Crippen LogP contribution in [0.25, 0.3) is 0 Å². The highest BCUT2D eigenvalue weighted by Crippen LogP contribution is 2.38. The summed E-state index contributed by atoms with van der Waals surface area (Å²) in [7, 11) is 2.19. The van der Waals surface area contributed by atoms with Crippen molar-refractivity contribution in [2.45, 2.75) is 32.2 Å². The summed E-state index contributed by atoms with van der Waals surface area (Å²) in [5.74, 6) is 0.885. The van der Waals surface area contributed by atoms with Crippen LogP contribution in [0.1, 0.15) is 25.3 Å². The third kappa shape index (κ3) is 3.02. The van der Waals surface area contributed by atoms with Gasteiger partial charge in [0.1, 0.15) is 0 Å². The van der Waals surface area contributed by atoms with Gasteiger partial charge >= 0.3 is 0 Å². The lowest BCUT2D eigenvalue weighted by atomic mass is 10.1. The highest BCUT2D eigenvalue weighted by Gasteiger charge is 2.31. The molecule has 1 saturated carbocycles. The lowest BCUT2D eigenvalue weighted by molar-refractivity contribution is 0.608. The van der Waals surface area contributed by atoms with Crippen molar-refractivity contribution in [3.8, 4) is 0 Å². The second-order valence-corrected chi connectivity index (χ2v) is 5.87. The fourth-order valence-electron chi connectivity index (χ4n) is 2.27. The molecular weight excluding hydrogens is 276 g/mol. The first-order chi connectivity index (χ1) is 8.13. The van der Waals surface area contributed by atoms with Crippen molar-refractivity contribution >= 4 is 21.6 Å². The average Bonchev–Trinajstić information content (AvgIpc) is 3.12. The molecule has 1 aliphatic carbocycles. The minimum Gasteiger partial charge on any atom is -0.371 e. The molecule has 17 heavy (non-hydrogen) atoms. The minimum atomic E-state index is 0.631. The van der Waals surface area contributed by atoms with Crippen molar-refractivity contribution in [1.29, 1.82) is 0 Å². The van der Waals surface area contributed by atoms with E-state index in [4.69, 9.17) is 5.73 Å². The van der Waals surface area contributed by atoms with Gasteiger partial charge in [-0.15, -0.1) is 0 Å². The topological polar surface area (TPSA) is 29.3 Å². The predicted molar refractivity (Wildman–Crippen MR) is 77.5 cm³/mol. The fraction of sp³-hybridized carbons (Fsp3) is 0.571. The second kappa shape index (κ2) is 5.40. The van der Waals surface area contributed by atoms with Crippen LogP contribution in [0.15, 0.2) is 22.7 Å². The highest BCUT2D eigenvalue weighted by atomic mass is 79.9. The van der Waals surface area contributed by atoms with Crippen molar-refractivity contribution in [2.75, 3.05) is 18.5 Å². The molecule has 0 aromatic heterocycles. The summed E-state index contributed by atoms with van der Waals surface area (Å²) in [5.41, 5.74) is 8.16. The van der Waals surface area contributed by atoms with Gasteiger partial charge in [0.2, 0.25) is 0 Å². The number of nitrogens with two attached hydrogens (primary N) is 1. The van der Waals surface area contributed by atoms with Crippen LogP contribution >= 0.6 is 15.9 Å². The first kappa shape index (κ1) is 12.9. The molecule has 0 aliphatic heterocycles. The summed E-state index contributed by atoms with van der Waals surface area (Å²) in [6.45, 7) is 3.03. The lowest BCUT2D eigenvalue weighted by Crippen LogP contribution is -2.30. The molecule has 2 rings (SSSR count). The Hall–Kier alpha value is -0.540. The van der Waals surface area contributed by atoms with Crippen LogP contribution < -0.4 is 10.6 Å². The van der Waals surface area contributed by atoms with E-state index in [1.54, 1.807) is 0 Å². The molecule has 0 heterocycles. The monoisotopic (exact) mass is 296 g/mol. The van der Waals surface area contributed by atoms with E-state index < -0.39 is 0 Å². The molecule has 1 aliphatic rings. The number of nitrogens with zero attached hydrogens (tertiary/aromatic N) is 1. The van der Waals surface area contributed by atoms with Crippen LogP contribution in [0.4, 0.5) is 5.69 Å². The predicted octanol–water partition coefficient (Wildman–Crippen LogP) is 3.19. The Balaban J connectivity index is 2.14. The van der Waals surface area contributed by atoms with Gasteiger partial charge in [-0.3, -0.25) is 0 Å². The normalized spacial score (nSPS) is 16.9. The number of benzene rings is 1. The van der Waals surface area contributed by atoms with Gasteiger partial charge in [-0.1, -0.05) is 6.07 Å². The maximum absolute atomic E-state index is 5.58. The average molecular weight is 297 g/mol. The van der Waals surface area contributed by atoms with Crippen LogP contribution in [-0.4, -0.2) is 19.6 Å². The molecule has 0 amide bonds. The molecule has 2 nitrogen and oxygen atoms in total. The van der Waals surface area contributed by atoms with E-state index in [-0.39, 0.29) is 0 Å². The number of anilines is 1. The van der Waals surface area contributed by atoms with Gasteiger partial charge in [0.05, 0.1) is 5.69 Å². The van der Waals surface area contributed by atoms with Gasteiger partial charge in [-0.25, -0.2) is 0 Å². The third-order valence-electron chi connectivity index (χ3n) is 3.74. The zero-order valence-electron chi connectivity index (χ0n) is 10.6. The third-order valence-corrected chi connectivity index (χ3v) is 4.38. The molecule has 1 atom stereocenters. The molecule has 1 fully saturated rings. The smallest absolute Gasteiger partial charge is 0.0510 e. The molecule has 1 aromatic rings. The quantitative estimate of drug-likeness (QED) is 0.904. The first-order valence-corrected chi connectivity index (χ1v) is 7.14. The van der Waals surface area contributed by atoms with E-state index >= 15 is 0 Å². The highest BCUT2D eigenvalue weighted by molar-refractivity contribution is 9.10. The van der Waals surface area contributed by atoms with E-state index in [0.717, 1.165) is 12.3 Å². The largest absolute Gasteiger partial charge is 0.371 e. The van der Waals surface area contributed by atoms with Crippen molar-refractivity contribution in [3.63, 3.8) is 0 Å². The van der Waals surface area contributed by atoms with E-state index in [9.17, 15) is 0 Å². The summed E-state index contributed by atoms with van der Waals surface area (Å²) in [6.07, 6.45) is 3.71. The van der Waals surface area contributed by atoms with Crippen molar-refractivity contribution in [3.05, 3.63) is 28.2 Å². The molecule has 1 unspecified atom stereocenters. The standard InChI is InChI=1S/C14H21BrN2/c1-10(12-4-5-12)17(2)14-6-3-11(7-8-16)9-13(14)15/h3,6,9-10,12H,4-5,7-8,16H2,1-2H3. The maximum Gasteiger partial charge on any atom is 0.0510 e. The second-order valence-electron chi connectivity index (χ2n) is 5.01. The van der Waals surface area contributed by atoms with Crippen molar-refractivity contribution < 1.29 is 0 Å².